The second-order valence-corrected chi connectivity index (χ2v) is 3.83. The van der Waals surface area contributed by atoms with E-state index in [-0.39, 0.29) is 6.61 Å². The van der Waals surface area contributed by atoms with Crippen molar-refractivity contribution in [1.29, 1.82) is 0 Å². The Hall–Kier alpha value is -1.09. The van der Waals surface area contributed by atoms with Crippen molar-refractivity contribution in [3.8, 4) is 0 Å². The molecule has 1 N–H and O–H groups in total. The SMILES string of the molecule is CC1CCCN1c1cccc(CO)n1. The van der Waals surface area contributed by atoms with Crippen LogP contribution in [0.1, 0.15) is 25.5 Å². The summed E-state index contributed by atoms with van der Waals surface area (Å²) >= 11 is 0. The van der Waals surface area contributed by atoms with Crippen LogP contribution in [-0.4, -0.2) is 22.7 Å². The summed E-state index contributed by atoms with van der Waals surface area (Å²) in [5.41, 5.74) is 0.751. The van der Waals surface area contributed by atoms with Gasteiger partial charge in [0.25, 0.3) is 0 Å². The third-order valence-electron chi connectivity index (χ3n) is 2.80. The number of nitrogens with zero attached hydrogens (tertiary/aromatic N) is 2. The molecule has 1 aliphatic rings. The van der Waals surface area contributed by atoms with E-state index in [1.807, 2.05) is 18.2 Å². The highest BCUT2D eigenvalue weighted by Crippen LogP contribution is 2.23. The molecule has 3 nitrogen and oxygen atoms in total. The van der Waals surface area contributed by atoms with E-state index in [2.05, 4.69) is 16.8 Å². The highest BCUT2D eigenvalue weighted by Gasteiger charge is 2.21. The fraction of sp³-hybridized carbons (Fsp3) is 0.545. The summed E-state index contributed by atoms with van der Waals surface area (Å²) in [6.45, 7) is 3.33. The number of hydrogen-bond donors (Lipinski definition) is 1. The Bertz CT molecular complexity index is 314. The van der Waals surface area contributed by atoms with Crippen LogP contribution in [-0.2, 0) is 6.61 Å². The lowest BCUT2D eigenvalue weighted by molar-refractivity contribution is 0.277. The lowest BCUT2D eigenvalue weighted by Crippen LogP contribution is -2.27. The second kappa shape index (κ2) is 3.96. The molecule has 3 heteroatoms. The zero-order chi connectivity index (χ0) is 9.97. The van der Waals surface area contributed by atoms with E-state index < -0.39 is 0 Å². The number of pyridine rings is 1. The number of aromatic nitrogens is 1. The maximum absolute atomic E-state index is 8.99. The largest absolute Gasteiger partial charge is 0.390 e. The van der Waals surface area contributed by atoms with E-state index in [0.717, 1.165) is 18.1 Å². The molecule has 0 aliphatic carbocycles. The summed E-state index contributed by atoms with van der Waals surface area (Å²) in [5.74, 6) is 1.00. The van der Waals surface area contributed by atoms with Crippen LogP contribution in [0.2, 0.25) is 0 Å². The molecule has 1 saturated heterocycles. The minimum Gasteiger partial charge on any atom is -0.390 e. The van der Waals surface area contributed by atoms with Gasteiger partial charge >= 0.3 is 0 Å². The second-order valence-electron chi connectivity index (χ2n) is 3.83. The van der Waals surface area contributed by atoms with Crippen LogP contribution < -0.4 is 4.90 Å². The quantitative estimate of drug-likeness (QED) is 0.772. The molecule has 1 aliphatic heterocycles. The maximum Gasteiger partial charge on any atom is 0.129 e. The van der Waals surface area contributed by atoms with Crippen LogP contribution in [0.15, 0.2) is 18.2 Å². The van der Waals surface area contributed by atoms with Gasteiger partial charge < -0.3 is 10.0 Å². The Morgan fingerprint density at radius 3 is 3.07 bits per heavy atom. The number of aliphatic hydroxyl groups excluding tert-OH is 1. The molecule has 0 radical (unpaired) electrons. The fourth-order valence-electron chi connectivity index (χ4n) is 1.99. The number of aliphatic hydroxyl groups is 1. The van der Waals surface area contributed by atoms with E-state index in [4.69, 9.17) is 5.11 Å². The molecule has 14 heavy (non-hydrogen) atoms. The van der Waals surface area contributed by atoms with Gasteiger partial charge in [-0.2, -0.15) is 0 Å². The Labute approximate surface area is 84.4 Å². The molecule has 0 spiro atoms. The molecule has 1 aromatic heterocycles. The Kier molecular flexibility index (Phi) is 2.68. The van der Waals surface area contributed by atoms with Gasteiger partial charge in [-0.3, -0.25) is 0 Å². The zero-order valence-electron chi connectivity index (χ0n) is 8.48. The summed E-state index contributed by atoms with van der Waals surface area (Å²) in [4.78, 5) is 6.70. The van der Waals surface area contributed by atoms with Gasteiger partial charge in [-0.05, 0) is 31.9 Å². The van der Waals surface area contributed by atoms with Crippen molar-refractivity contribution in [3.05, 3.63) is 23.9 Å². The van der Waals surface area contributed by atoms with Gasteiger partial charge in [-0.15, -0.1) is 0 Å². The van der Waals surface area contributed by atoms with E-state index >= 15 is 0 Å². The minimum absolute atomic E-state index is 0.0239. The number of rotatable bonds is 2. The first-order valence-corrected chi connectivity index (χ1v) is 5.14. The minimum atomic E-state index is 0.0239. The summed E-state index contributed by atoms with van der Waals surface area (Å²) in [6, 6.07) is 6.40. The van der Waals surface area contributed by atoms with Gasteiger partial charge in [0, 0.05) is 12.6 Å². The average molecular weight is 192 g/mol. The van der Waals surface area contributed by atoms with Crippen molar-refractivity contribution in [3.63, 3.8) is 0 Å². The van der Waals surface area contributed by atoms with Crippen LogP contribution in [0, 0.1) is 0 Å². The van der Waals surface area contributed by atoms with Gasteiger partial charge in [-0.1, -0.05) is 6.07 Å². The molecule has 2 heterocycles. The lowest BCUT2D eigenvalue weighted by atomic mass is 10.2. The average Bonchev–Trinajstić information content (AvgIpc) is 2.65. The normalized spacial score (nSPS) is 21.6. The molecule has 0 aromatic carbocycles. The molecule has 1 fully saturated rings. The van der Waals surface area contributed by atoms with Gasteiger partial charge in [0.15, 0.2) is 0 Å². The number of hydrogen-bond acceptors (Lipinski definition) is 3. The van der Waals surface area contributed by atoms with E-state index in [1.165, 1.54) is 12.8 Å². The molecular formula is C11H16N2O. The molecule has 2 rings (SSSR count). The summed E-state index contributed by atoms with van der Waals surface area (Å²) in [5, 5.41) is 8.99. The highest BCUT2D eigenvalue weighted by atomic mass is 16.3. The molecule has 76 valence electrons. The molecule has 0 bridgehead atoms. The maximum atomic E-state index is 8.99. The summed E-state index contributed by atoms with van der Waals surface area (Å²) in [6.07, 6.45) is 2.48. The van der Waals surface area contributed by atoms with Gasteiger partial charge in [0.05, 0.1) is 12.3 Å². The Morgan fingerprint density at radius 1 is 1.57 bits per heavy atom. The molecule has 1 atom stereocenters. The fourth-order valence-corrected chi connectivity index (χ4v) is 1.99. The van der Waals surface area contributed by atoms with Gasteiger partial charge in [0.2, 0.25) is 0 Å². The Morgan fingerprint density at radius 2 is 2.43 bits per heavy atom. The van der Waals surface area contributed by atoms with Crippen LogP contribution in [0.3, 0.4) is 0 Å². The van der Waals surface area contributed by atoms with Crippen molar-refractivity contribution in [2.24, 2.45) is 0 Å². The highest BCUT2D eigenvalue weighted by molar-refractivity contribution is 5.41. The molecule has 1 unspecified atom stereocenters. The van der Waals surface area contributed by atoms with Crippen molar-refractivity contribution in [1.82, 2.24) is 4.98 Å². The van der Waals surface area contributed by atoms with E-state index in [0.29, 0.717) is 6.04 Å². The molecule has 1 aromatic rings. The topological polar surface area (TPSA) is 36.4 Å². The van der Waals surface area contributed by atoms with Crippen LogP contribution in [0.4, 0.5) is 5.82 Å². The molecule has 0 saturated carbocycles. The Balaban J connectivity index is 2.22. The third kappa shape index (κ3) is 1.73. The number of anilines is 1. The predicted molar refractivity (Wildman–Crippen MR) is 56.2 cm³/mol. The lowest BCUT2D eigenvalue weighted by Gasteiger charge is -2.22. The van der Waals surface area contributed by atoms with Crippen molar-refractivity contribution < 1.29 is 5.11 Å². The van der Waals surface area contributed by atoms with E-state index in [1.54, 1.807) is 0 Å². The first-order valence-electron chi connectivity index (χ1n) is 5.14. The predicted octanol–water partition coefficient (Wildman–Crippen LogP) is 1.56. The molecule has 0 amide bonds. The van der Waals surface area contributed by atoms with Crippen molar-refractivity contribution in [2.75, 3.05) is 11.4 Å². The van der Waals surface area contributed by atoms with Gasteiger partial charge in [-0.25, -0.2) is 4.98 Å². The monoisotopic (exact) mass is 192 g/mol. The summed E-state index contributed by atoms with van der Waals surface area (Å²) < 4.78 is 0. The van der Waals surface area contributed by atoms with Crippen LogP contribution in [0.25, 0.3) is 0 Å². The van der Waals surface area contributed by atoms with Crippen molar-refractivity contribution in [2.45, 2.75) is 32.4 Å². The smallest absolute Gasteiger partial charge is 0.129 e. The van der Waals surface area contributed by atoms with Crippen molar-refractivity contribution >= 4 is 5.82 Å². The first-order chi connectivity index (χ1) is 6.81. The molecular weight excluding hydrogens is 176 g/mol. The standard InChI is InChI=1S/C11H16N2O/c1-9-4-3-7-13(9)11-6-2-5-10(8-14)12-11/h2,5-6,9,14H,3-4,7-8H2,1H3. The summed E-state index contributed by atoms with van der Waals surface area (Å²) in [7, 11) is 0. The first kappa shape index (κ1) is 9.46. The zero-order valence-corrected chi connectivity index (χ0v) is 8.48. The van der Waals surface area contributed by atoms with Gasteiger partial charge in [0.1, 0.15) is 5.82 Å². The van der Waals surface area contributed by atoms with Crippen LogP contribution >= 0.6 is 0 Å². The third-order valence-corrected chi connectivity index (χ3v) is 2.80. The van der Waals surface area contributed by atoms with Crippen LogP contribution in [0.5, 0.6) is 0 Å². The van der Waals surface area contributed by atoms with E-state index in [9.17, 15) is 0 Å².